The number of nitrogens with zero attached hydrogens (tertiary/aromatic N) is 1. The van der Waals surface area contributed by atoms with Gasteiger partial charge in [-0.15, -0.1) is 0 Å². The van der Waals surface area contributed by atoms with Gasteiger partial charge >= 0.3 is 0 Å². The normalized spacial score (nSPS) is 10.1. The topological polar surface area (TPSA) is 91.8 Å². The maximum absolute atomic E-state index is 11.7. The van der Waals surface area contributed by atoms with Crippen molar-refractivity contribution in [1.29, 1.82) is 0 Å². The lowest BCUT2D eigenvalue weighted by Gasteiger charge is -2.09. The van der Waals surface area contributed by atoms with E-state index in [1.807, 2.05) is 0 Å². The molecule has 1 aromatic heterocycles. The number of carbonyl (C=O) groups excluding carboxylic acids is 1. The van der Waals surface area contributed by atoms with E-state index < -0.39 is 4.92 Å². The zero-order chi connectivity index (χ0) is 14.5. The Bertz CT molecular complexity index is 620. The molecule has 2 aromatic rings. The third kappa shape index (κ3) is 2.94. The molecule has 0 aliphatic carbocycles. The lowest BCUT2D eigenvalue weighted by molar-refractivity contribution is -0.384. The summed E-state index contributed by atoms with van der Waals surface area (Å²) in [7, 11) is 1.36. The summed E-state index contributed by atoms with van der Waals surface area (Å²) in [6.45, 7) is -0.248. The highest BCUT2D eigenvalue weighted by atomic mass is 16.6. The van der Waals surface area contributed by atoms with Gasteiger partial charge in [-0.2, -0.15) is 0 Å². The van der Waals surface area contributed by atoms with Crippen LogP contribution in [0, 0.1) is 10.1 Å². The fraction of sp³-hybridized carbons (Fsp3) is 0.154. The Morgan fingerprint density at radius 2 is 2.15 bits per heavy atom. The average Bonchev–Trinajstić information content (AvgIpc) is 2.98. The number of Topliss-reactive ketones (excluding diaryl/α,β-unsaturated/α-hetero) is 1. The van der Waals surface area contributed by atoms with Gasteiger partial charge in [-0.1, -0.05) is 0 Å². The molecule has 0 spiro atoms. The van der Waals surface area contributed by atoms with Crippen molar-refractivity contribution >= 4 is 11.5 Å². The summed E-state index contributed by atoms with van der Waals surface area (Å²) >= 11 is 0. The molecule has 0 atom stereocenters. The van der Waals surface area contributed by atoms with Gasteiger partial charge in [-0.3, -0.25) is 14.9 Å². The largest absolute Gasteiger partial charge is 0.493 e. The molecule has 104 valence electrons. The Labute approximate surface area is 113 Å². The van der Waals surface area contributed by atoms with Crippen LogP contribution in [0.5, 0.6) is 11.5 Å². The van der Waals surface area contributed by atoms with Gasteiger partial charge in [0.1, 0.15) is 0 Å². The molecule has 7 heteroatoms. The van der Waals surface area contributed by atoms with Crippen LogP contribution < -0.4 is 9.47 Å². The third-order valence-electron chi connectivity index (χ3n) is 2.51. The van der Waals surface area contributed by atoms with E-state index >= 15 is 0 Å². The second-order valence-electron chi connectivity index (χ2n) is 3.78. The molecule has 0 saturated carbocycles. The number of benzene rings is 1. The first kappa shape index (κ1) is 13.6. The van der Waals surface area contributed by atoms with Crippen molar-refractivity contribution in [3.8, 4) is 11.5 Å². The fourth-order valence-electron chi connectivity index (χ4n) is 1.54. The first-order valence-corrected chi connectivity index (χ1v) is 5.63. The van der Waals surface area contributed by atoms with Crippen molar-refractivity contribution in [2.45, 2.75) is 0 Å². The number of hydrogen-bond donors (Lipinski definition) is 0. The molecule has 0 N–H and O–H groups in total. The van der Waals surface area contributed by atoms with Gasteiger partial charge in [0.25, 0.3) is 5.69 Å². The highest BCUT2D eigenvalue weighted by molar-refractivity contribution is 5.94. The average molecular weight is 277 g/mol. The van der Waals surface area contributed by atoms with Crippen molar-refractivity contribution in [1.82, 2.24) is 0 Å². The van der Waals surface area contributed by atoms with Crippen LogP contribution in [-0.4, -0.2) is 24.4 Å². The number of rotatable bonds is 6. The minimum absolute atomic E-state index is 0.119. The molecule has 1 heterocycles. The summed E-state index contributed by atoms with van der Waals surface area (Å²) in [6, 6.07) is 7.01. The lowest BCUT2D eigenvalue weighted by Crippen LogP contribution is -2.11. The van der Waals surface area contributed by atoms with E-state index in [9.17, 15) is 14.9 Å². The van der Waals surface area contributed by atoms with Crippen molar-refractivity contribution in [2.24, 2.45) is 0 Å². The van der Waals surface area contributed by atoms with E-state index in [4.69, 9.17) is 13.9 Å². The van der Waals surface area contributed by atoms with Crippen LogP contribution in [0.25, 0.3) is 0 Å². The van der Waals surface area contributed by atoms with Crippen LogP contribution in [0.4, 0.5) is 5.69 Å². The van der Waals surface area contributed by atoms with Crippen molar-refractivity contribution in [2.75, 3.05) is 13.7 Å². The highest BCUT2D eigenvalue weighted by Gasteiger charge is 2.15. The van der Waals surface area contributed by atoms with Crippen molar-refractivity contribution in [3.05, 3.63) is 52.5 Å². The van der Waals surface area contributed by atoms with Crippen LogP contribution in [0.1, 0.15) is 10.6 Å². The van der Waals surface area contributed by atoms with E-state index in [1.165, 1.54) is 37.6 Å². The molecule has 0 aliphatic heterocycles. The van der Waals surface area contributed by atoms with Crippen LogP contribution in [0.15, 0.2) is 41.0 Å². The van der Waals surface area contributed by atoms with E-state index in [0.717, 1.165) is 0 Å². The SMILES string of the molecule is COc1cc([N+](=O)[O-])ccc1OCC(=O)c1ccco1. The van der Waals surface area contributed by atoms with Gasteiger partial charge in [0, 0.05) is 6.07 Å². The zero-order valence-electron chi connectivity index (χ0n) is 10.6. The molecule has 2 rings (SSSR count). The van der Waals surface area contributed by atoms with Gasteiger partial charge in [0.15, 0.2) is 23.9 Å². The quantitative estimate of drug-likeness (QED) is 0.457. The molecule has 20 heavy (non-hydrogen) atoms. The van der Waals surface area contributed by atoms with Crippen LogP contribution >= 0.6 is 0 Å². The Kier molecular flexibility index (Phi) is 3.99. The first-order valence-electron chi connectivity index (χ1n) is 5.63. The van der Waals surface area contributed by atoms with Crippen LogP contribution in [-0.2, 0) is 0 Å². The maximum Gasteiger partial charge on any atom is 0.273 e. The first-order chi connectivity index (χ1) is 9.61. The van der Waals surface area contributed by atoms with E-state index in [-0.39, 0.29) is 35.3 Å². The molecule has 0 aliphatic rings. The molecule has 7 nitrogen and oxygen atoms in total. The molecule has 1 aromatic carbocycles. The number of ether oxygens (including phenoxy) is 2. The monoisotopic (exact) mass is 277 g/mol. The number of hydrogen-bond acceptors (Lipinski definition) is 6. The van der Waals surface area contributed by atoms with Gasteiger partial charge < -0.3 is 13.9 Å². The van der Waals surface area contributed by atoms with Crippen molar-refractivity contribution in [3.63, 3.8) is 0 Å². The standard InChI is InChI=1S/C13H11NO6/c1-18-13-7-9(14(16)17)4-5-12(13)20-8-10(15)11-3-2-6-19-11/h2-7H,8H2,1H3. The number of methoxy groups -OCH3 is 1. The maximum atomic E-state index is 11.7. The molecule has 0 saturated heterocycles. The van der Waals surface area contributed by atoms with Gasteiger partial charge in [-0.25, -0.2) is 0 Å². The Morgan fingerprint density at radius 1 is 1.35 bits per heavy atom. The van der Waals surface area contributed by atoms with Gasteiger partial charge in [-0.05, 0) is 18.2 Å². The summed E-state index contributed by atoms with van der Waals surface area (Å²) in [5.74, 6) is 0.283. The molecule has 0 radical (unpaired) electrons. The van der Waals surface area contributed by atoms with Crippen molar-refractivity contribution < 1.29 is 23.6 Å². The second-order valence-corrected chi connectivity index (χ2v) is 3.78. The number of non-ortho nitro benzene ring substituents is 1. The van der Waals surface area contributed by atoms with Crippen LogP contribution in [0.3, 0.4) is 0 Å². The minimum atomic E-state index is -0.541. The molecule has 0 unspecified atom stereocenters. The van der Waals surface area contributed by atoms with Gasteiger partial charge in [0.2, 0.25) is 5.78 Å². The predicted molar refractivity (Wildman–Crippen MR) is 68.2 cm³/mol. The third-order valence-corrected chi connectivity index (χ3v) is 2.51. The highest BCUT2D eigenvalue weighted by Crippen LogP contribution is 2.31. The Hall–Kier alpha value is -2.83. The summed E-state index contributed by atoms with van der Waals surface area (Å²) in [5.41, 5.74) is -0.119. The van der Waals surface area contributed by atoms with E-state index in [0.29, 0.717) is 0 Å². The number of furan rings is 1. The number of nitro groups is 1. The van der Waals surface area contributed by atoms with E-state index in [2.05, 4.69) is 0 Å². The molecule has 0 fully saturated rings. The number of carbonyl (C=O) groups is 1. The minimum Gasteiger partial charge on any atom is -0.493 e. The van der Waals surface area contributed by atoms with E-state index in [1.54, 1.807) is 6.07 Å². The lowest BCUT2D eigenvalue weighted by atomic mass is 10.2. The predicted octanol–water partition coefficient (Wildman–Crippen LogP) is 2.46. The van der Waals surface area contributed by atoms with Gasteiger partial charge in [0.05, 0.1) is 24.4 Å². The second kappa shape index (κ2) is 5.87. The summed E-state index contributed by atoms with van der Waals surface area (Å²) in [5, 5.41) is 10.6. The Morgan fingerprint density at radius 3 is 2.75 bits per heavy atom. The summed E-state index contributed by atoms with van der Waals surface area (Å²) in [4.78, 5) is 21.8. The summed E-state index contributed by atoms with van der Waals surface area (Å²) < 4.78 is 15.2. The zero-order valence-corrected chi connectivity index (χ0v) is 10.6. The smallest absolute Gasteiger partial charge is 0.273 e. The number of nitro benzene ring substituents is 1. The molecular formula is C13H11NO6. The van der Waals surface area contributed by atoms with Crippen LogP contribution in [0.2, 0.25) is 0 Å². The Balaban J connectivity index is 2.09. The number of ketones is 1. The molecular weight excluding hydrogens is 266 g/mol. The molecule has 0 bridgehead atoms. The molecule has 0 amide bonds. The fourth-order valence-corrected chi connectivity index (χ4v) is 1.54. The summed E-state index contributed by atoms with van der Waals surface area (Å²) in [6.07, 6.45) is 1.39.